The maximum atomic E-state index is 12.3. The first-order chi connectivity index (χ1) is 13.3. The van der Waals surface area contributed by atoms with Gasteiger partial charge in [-0.3, -0.25) is 9.69 Å². The molecule has 2 aromatic rings. The number of anilines is 1. The van der Waals surface area contributed by atoms with Crippen LogP contribution in [-0.2, 0) is 6.54 Å². The summed E-state index contributed by atoms with van der Waals surface area (Å²) in [5.74, 6) is 0.759. The van der Waals surface area contributed by atoms with Crippen molar-refractivity contribution in [1.82, 2.24) is 9.88 Å². The minimum Gasteiger partial charge on any atom is -0.384 e. The van der Waals surface area contributed by atoms with Crippen LogP contribution in [0.1, 0.15) is 47.6 Å². The zero-order valence-electron chi connectivity index (χ0n) is 16.6. The molecule has 1 aromatic carbocycles. The Bertz CT molecular complexity index is 1050. The third kappa shape index (κ3) is 3.65. The first kappa shape index (κ1) is 19.7. The molecule has 0 aliphatic carbocycles. The molecule has 0 radical (unpaired) electrons. The van der Waals surface area contributed by atoms with Crippen molar-refractivity contribution < 1.29 is 0 Å². The van der Waals surface area contributed by atoms with Crippen LogP contribution in [0.3, 0.4) is 0 Å². The van der Waals surface area contributed by atoms with Crippen LogP contribution in [-0.4, -0.2) is 23.0 Å². The molecule has 0 bridgehead atoms. The number of aromatic amines is 1. The summed E-state index contributed by atoms with van der Waals surface area (Å²) >= 11 is 0. The van der Waals surface area contributed by atoms with Crippen molar-refractivity contribution in [2.24, 2.45) is 5.92 Å². The highest BCUT2D eigenvalue weighted by Crippen LogP contribution is 2.33. The predicted octanol–water partition coefficient (Wildman–Crippen LogP) is 3.22. The van der Waals surface area contributed by atoms with Crippen LogP contribution < -0.4 is 11.3 Å². The number of nitriles is 2. The van der Waals surface area contributed by atoms with Gasteiger partial charge in [-0.25, -0.2) is 0 Å². The standard InChI is InChI=1S/C22H25N5O/c1-13-4-6-27(7-5-13)12-16-8-14(2)9-17(15(16)3)20-18(10-23)21(25)26-22(28)19(20)11-24/h8-9,13H,4-7,12H2,1-3H3,(H3,25,26,28). The van der Waals surface area contributed by atoms with E-state index in [2.05, 4.69) is 28.9 Å². The van der Waals surface area contributed by atoms with E-state index in [1.165, 1.54) is 12.8 Å². The molecule has 3 rings (SSSR count). The van der Waals surface area contributed by atoms with Gasteiger partial charge in [0, 0.05) is 12.1 Å². The number of aromatic nitrogens is 1. The Morgan fingerprint density at radius 3 is 2.43 bits per heavy atom. The summed E-state index contributed by atoms with van der Waals surface area (Å²) in [5.41, 5.74) is 9.59. The maximum absolute atomic E-state index is 12.3. The van der Waals surface area contributed by atoms with Crippen LogP contribution in [0.25, 0.3) is 11.1 Å². The van der Waals surface area contributed by atoms with Gasteiger partial charge in [0.15, 0.2) is 0 Å². The molecule has 1 aliphatic heterocycles. The fourth-order valence-electron chi connectivity index (χ4n) is 3.93. The average Bonchev–Trinajstić information content (AvgIpc) is 2.65. The van der Waals surface area contributed by atoms with Crippen LogP contribution in [0.5, 0.6) is 0 Å². The molecule has 1 aromatic heterocycles. The molecule has 0 unspecified atom stereocenters. The molecule has 0 spiro atoms. The van der Waals surface area contributed by atoms with Crippen LogP contribution in [0.15, 0.2) is 16.9 Å². The normalized spacial score (nSPS) is 15.2. The van der Waals surface area contributed by atoms with E-state index in [9.17, 15) is 15.3 Å². The number of pyridine rings is 1. The number of hydrogen-bond acceptors (Lipinski definition) is 5. The van der Waals surface area contributed by atoms with Crippen molar-refractivity contribution in [3.05, 3.63) is 50.3 Å². The Labute approximate surface area is 165 Å². The Hall–Kier alpha value is -3.09. The molecule has 28 heavy (non-hydrogen) atoms. The number of nitrogens with one attached hydrogen (secondary N) is 1. The van der Waals surface area contributed by atoms with Gasteiger partial charge in [0.05, 0.1) is 0 Å². The van der Waals surface area contributed by atoms with Crippen LogP contribution >= 0.6 is 0 Å². The Kier molecular flexibility index (Phi) is 5.53. The van der Waals surface area contributed by atoms with Crippen LogP contribution in [0.2, 0.25) is 0 Å². The highest BCUT2D eigenvalue weighted by atomic mass is 16.1. The number of benzene rings is 1. The topological polar surface area (TPSA) is 110 Å². The predicted molar refractivity (Wildman–Crippen MR) is 109 cm³/mol. The molecule has 1 fully saturated rings. The van der Waals surface area contributed by atoms with Gasteiger partial charge in [-0.2, -0.15) is 10.5 Å². The van der Waals surface area contributed by atoms with Crippen LogP contribution in [0.4, 0.5) is 5.82 Å². The maximum Gasteiger partial charge on any atom is 0.268 e. The minimum atomic E-state index is -0.568. The van der Waals surface area contributed by atoms with Gasteiger partial charge in [0.25, 0.3) is 5.56 Å². The number of piperidine rings is 1. The first-order valence-electron chi connectivity index (χ1n) is 9.54. The number of nitrogen functional groups attached to an aromatic ring is 1. The molecule has 2 heterocycles. The van der Waals surface area contributed by atoms with Crippen molar-refractivity contribution in [2.45, 2.75) is 40.2 Å². The van der Waals surface area contributed by atoms with Crippen molar-refractivity contribution in [3.8, 4) is 23.3 Å². The summed E-state index contributed by atoms with van der Waals surface area (Å²) in [6.07, 6.45) is 2.39. The second-order valence-electron chi connectivity index (χ2n) is 7.77. The number of likely N-dealkylation sites (tertiary alicyclic amines) is 1. The lowest BCUT2D eigenvalue weighted by atomic mass is 9.89. The van der Waals surface area contributed by atoms with E-state index in [1.54, 1.807) is 0 Å². The summed E-state index contributed by atoms with van der Waals surface area (Å²) in [7, 11) is 0. The number of H-pyrrole nitrogens is 1. The van der Waals surface area contributed by atoms with Gasteiger partial charge in [0.2, 0.25) is 0 Å². The fraction of sp³-hybridized carbons (Fsp3) is 0.409. The molecule has 3 N–H and O–H groups in total. The molecule has 1 aliphatic rings. The molecule has 6 nitrogen and oxygen atoms in total. The SMILES string of the molecule is Cc1cc(CN2CCC(C)CC2)c(C)c(-c2c(C#N)c(N)[nH]c(=O)c2C#N)c1. The van der Waals surface area contributed by atoms with E-state index in [0.29, 0.717) is 5.56 Å². The lowest BCUT2D eigenvalue weighted by molar-refractivity contribution is 0.185. The number of nitrogens with zero attached hydrogens (tertiary/aromatic N) is 3. The van der Waals surface area contributed by atoms with E-state index < -0.39 is 5.56 Å². The molecule has 6 heteroatoms. The quantitative estimate of drug-likeness (QED) is 0.856. The number of aryl methyl sites for hydroxylation is 1. The van der Waals surface area contributed by atoms with Crippen molar-refractivity contribution >= 4 is 5.82 Å². The molecule has 0 saturated carbocycles. The van der Waals surface area contributed by atoms with E-state index in [4.69, 9.17) is 5.73 Å². The van der Waals surface area contributed by atoms with E-state index in [0.717, 1.165) is 47.8 Å². The zero-order valence-corrected chi connectivity index (χ0v) is 16.6. The Morgan fingerprint density at radius 2 is 1.82 bits per heavy atom. The van der Waals surface area contributed by atoms with Gasteiger partial charge >= 0.3 is 0 Å². The number of hydrogen-bond donors (Lipinski definition) is 2. The summed E-state index contributed by atoms with van der Waals surface area (Å²) in [5, 5.41) is 19.2. The smallest absolute Gasteiger partial charge is 0.268 e. The molecular formula is C22H25N5O. The third-order valence-electron chi connectivity index (χ3n) is 5.67. The fourth-order valence-corrected chi connectivity index (χ4v) is 3.93. The summed E-state index contributed by atoms with van der Waals surface area (Å²) in [4.78, 5) is 17.1. The minimum absolute atomic E-state index is 0.00558. The molecule has 0 atom stereocenters. The Morgan fingerprint density at radius 1 is 1.18 bits per heavy atom. The number of rotatable bonds is 3. The van der Waals surface area contributed by atoms with Crippen molar-refractivity contribution in [3.63, 3.8) is 0 Å². The van der Waals surface area contributed by atoms with Crippen LogP contribution in [0, 0.1) is 42.4 Å². The van der Waals surface area contributed by atoms with Crippen molar-refractivity contribution in [1.29, 1.82) is 10.5 Å². The van der Waals surface area contributed by atoms with E-state index in [-0.39, 0.29) is 16.9 Å². The lowest BCUT2D eigenvalue weighted by Crippen LogP contribution is -2.32. The first-order valence-corrected chi connectivity index (χ1v) is 9.54. The Balaban J connectivity index is 2.15. The van der Waals surface area contributed by atoms with Gasteiger partial charge < -0.3 is 10.7 Å². The highest BCUT2D eigenvalue weighted by Gasteiger charge is 2.22. The third-order valence-corrected chi connectivity index (χ3v) is 5.67. The largest absolute Gasteiger partial charge is 0.384 e. The van der Waals surface area contributed by atoms with Gasteiger partial charge in [-0.15, -0.1) is 0 Å². The summed E-state index contributed by atoms with van der Waals surface area (Å²) in [6, 6.07) is 8.08. The van der Waals surface area contributed by atoms with E-state index >= 15 is 0 Å². The van der Waals surface area contributed by atoms with Gasteiger partial charge in [0.1, 0.15) is 29.1 Å². The summed E-state index contributed by atoms with van der Waals surface area (Å²) in [6.45, 7) is 9.20. The summed E-state index contributed by atoms with van der Waals surface area (Å²) < 4.78 is 0. The highest BCUT2D eigenvalue weighted by molar-refractivity contribution is 5.82. The second-order valence-corrected chi connectivity index (χ2v) is 7.77. The van der Waals surface area contributed by atoms with Gasteiger partial charge in [-0.1, -0.05) is 24.6 Å². The second kappa shape index (κ2) is 7.88. The molecule has 144 valence electrons. The van der Waals surface area contributed by atoms with Gasteiger partial charge in [-0.05, 0) is 62.4 Å². The van der Waals surface area contributed by atoms with E-state index in [1.807, 2.05) is 26.0 Å². The molecule has 0 amide bonds. The number of nitrogens with two attached hydrogens (primary N) is 1. The average molecular weight is 375 g/mol. The lowest BCUT2D eigenvalue weighted by Gasteiger charge is -2.31. The monoisotopic (exact) mass is 375 g/mol. The molecule has 1 saturated heterocycles. The molecular weight excluding hydrogens is 350 g/mol. The van der Waals surface area contributed by atoms with Crippen molar-refractivity contribution in [2.75, 3.05) is 18.8 Å². The zero-order chi connectivity index (χ0) is 20.4.